The quantitative estimate of drug-likeness (QED) is 0.662. The highest BCUT2D eigenvalue weighted by atomic mass is 35.5. The van der Waals surface area contributed by atoms with Crippen molar-refractivity contribution < 1.29 is 9.90 Å². The van der Waals surface area contributed by atoms with E-state index in [1.165, 1.54) is 5.56 Å². The van der Waals surface area contributed by atoms with E-state index in [4.69, 9.17) is 11.6 Å². The fraction of sp³-hybridized carbons (Fsp3) is 0.118. The maximum Gasteiger partial charge on any atom is 0.336 e. The number of hydrogen-bond donors (Lipinski definition) is 1. The zero-order chi connectivity index (χ0) is 14.5. The van der Waals surface area contributed by atoms with Gasteiger partial charge in [0.1, 0.15) is 0 Å². The van der Waals surface area contributed by atoms with Crippen LogP contribution < -0.4 is 0 Å². The van der Waals surface area contributed by atoms with Crippen molar-refractivity contribution in [1.82, 2.24) is 0 Å². The third kappa shape index (κ3) is 3.28. The van der Waals surface area contributed by atoms with E-state index >= 15 is 0 Å². The smallest absolute Gasteiger partial charge is 0.336 e. The minimum Gasteiger partial charge on any atom is -0.478 e. The Bertz CT molecular complexity index is 642. The highest BCUT2D eigenvalue weighted by Crippen LogP contribution is 2.23. The van der Waals surface area contributed by atoms with Crippen LogP contribution in [0.2, 0.25) is 5.02 Å². The zero-order valence-electron chi connectivity index (χ0n) is 11.1. The Morgan fingerprint density at radius 2 is 1.80 bits per heavy atom. The lowest BCUT2D eigenvalue weighted by Crippen LogP contribution is -2.00. The molecule has 0 atom stereocenters. The van der Waals surface area contributed by atoms with Crippen LogP contribution in [0.3, 0.4) is 0 Å². The van der Waals surface area contributed by atoms with E-state index in [0.29, 0.717) is 16.1 Å². The molecule has 20 heavy (non-hydrogen) atoms. The Kier molecular flexibility index (Phi) is 4.59. The highest BCUT2D eigenvalue weighted by Gasteiger charge is 2.11. The largest absolute Gasteiger partial charge is 0.478 e. The van der Waals surface area contributed by atoms with Gasteiger partial charge in [-0.15, -0.1) is 0 Å². The summed E-state index contributed by atoms with van der Waals surface area (Å²) in [5.41, 5.74) is 2.79. The lowest BCUT2D eigenvalue weighted by molar-refractivity contribution is -0.130. The molecule has 0 aromatic heterocycles. The van der Waals surface area contributed by atoms with Gasteiger partial charge in [-0.05, 0) is 35.3 Å². The topological polar surface area (TPSA) is 37.3 Å². The average Bonchev–Trinajstić information content (AvgIpc) is 2.46. The van der Waals surface area contributed by atoms with Crippen LogP contribution >= 0.6 is 11.6 Å². The number of benzene rings is 2. The molecule has 2 aromatic rings. The summed E-state index contributed by atoms with van der Waals surface area (Å²) in [5, 5.41) is 9.93. The molecule has 0 radical (unpaired) electrons. The van der Waals surface area contributed by atoms with Gasteiger partial charge in [-0.2, -0.15) is 0 Å². The Morgan fingerprint density at radius 1 is 1.15 bits per heavy atom. The fourth-order valence-electron chi connectivity index (χ4n) is 1.94. The SMILES string of the molecule is CCc1ccc(/C(=C/c2ccccc2Cl)C(=O)O)cc1. The molecule has 0 heterocycles. The second-order valence-electron chi connectivity index (χ2n) is 4.44. The van der Waals surface area contributed by atoms with Crippen LogP contribution in [-0.4, -0.2) is 11.1 Å². The third-order valence-electron chi connectivity index (χ3n) is 3.11. The number of carboxylic acids is 1. The van der Waals surface area contributed by atoms with Gasteiger partial charge in [0.25, 0.3) is 0 Å². The summed E-state index contributed by atoms with van der Waals surface area (Å²) in [5.74, 6) is -0.964. The van der Waals surface area contributed by atoms with Crippen LogP contribution in [0.25, 0.3) is 11.6 Å². The molecule has 0 aliphatic carbocycles. The number of aryl methyl sites for hydroxylation is 1. The summed E-state index contributed by atoms with van der Waals surface area (Å²) in [6, 6.07) is 14.7. The van der Waals surface area contributed by atoms with Crippen molar-refractivity contribution in [3.8, 4) is 0 Å². The molecule has 0 unspecified atom stereocenters. The van der Waals surface area contributed by atoms with Crippen molar-refractivity contribution in [1.29, 1.82) is 0 Å². The van der Waals surface area contributed by atoms with Gasteiger partial charge < -0.3 is 5.11 Å². The number of carbonyl (C=O) groups is 1. The molecule has 0 fully saturated rings. The van der Waals surface area contributed by atoms with E-state index in [1.807, 2.05) is 36.4 Å². The van der Waals surface area contributed by atoms with Gasteiger partial charge in [0, 0.05) is 5.02 Å². The van der Waals surface area contributed by atoms with Crippen molar-refractivity contribution in [3.05, 3.63) is 70.2 Å². The minimum absolute atomic E-state index is 0.237. The first kappa shape index (κ1) is 14.4. The van der Waals surface area contributed by atoms with Crippen LogP contribution in [0.1, 0.15) is 23.6 Å². The molecular weight excluding hydrogens is 272 g/mol. The molecular formula is C17H15ClO2. The van der Waals surface area contributed by atoms with Gasteiger partial charge >= 0.3 is 5.97 Å². The molecule has 0 saturated heterocycles. The van der Waals surface area contributed by atoms with Crippen LogP contribution in [-0.2, 0) is 11.2 Å². The van der Waals surface area contributed by atoms with Gasteiger partial charge in [-0.1, -0.05) is 61.0 Å². The molecule has 0 saturated carbocycles. The number of aliphatic carboxylic acids is 1. The van der Waals surface area contributed by atoms with Gasteiger partial charge in [-0.3, -0.25) is 0 Å². The molecule has 0 spiro atoms. The predicted molar refractivity (Wildman–Crippen MR) is 82.8 cm³/mol. The van der Waals surface area contributed by atoms with Crippen molar-refractivity contribution >= 4 is 29.2 Å². The Hall–Kier alpha value is -2.06. The Morgan fingerprint density at radius 3 is 2.35 bits per heavy atom. The standard InChI is InChI=1S/C17H15ClO2/c1-2-12-7-9-13(10-8-12)15(17(19)20)11-14-5-3-4-6-16(14)18/h3-11H,2H2,1H3,(H,19,20)/b15-11-. The number of hydrogen-bond acceptors (Lipinski definition) is 1. The molecule has 0 aliphatic rings. The average molecular weight is 287 g/mol. The number of carboxylic acid groups (broad SMARTS) is 1. The highest BCUT2D eigenvalue weighted by molar-refractivity contribution is 6.33. The molecule has 3 heteroatoms. The third-order valence-corrected chi connectivity index (χ3v) is 3.45. The summed E-state index contributed by atoms with van der Waals surface area (Å²) < 4.78 is 0. The molecule has 2 aromatic carbocycles. The minimum atomic E-state index is -0.964. The summed E-state index contributed by atoms with van der Waals surface area (Å²) in [4.78, 5) is 11.5. The van der Waals surface area contributed by atoms with Gasteiger partial charge in [0.2, 0.25) is 0 Å². The summed E-state index contributed by atoms with van der Waals surface area (Å²) in [6.45, 7) is 2.06. The molecule has 102 valence electrons. The van der Waals surface area contributed by atoms with E-state index in [1.54, 1.807) is 18.2 Å². The first-order valence-electron chi connectivity index (χ1n) is 6.40. The Balaban J connectivity index is 2.46. The predicted octanol–water partition coefficient (Wildman–Crippen LogP) is 4.53. The summed E-state index contributed by atoms with van der Waals surface area (Å²) >= 11 is 6.07. The second-order valence-corrected chi connectivity index (χ2v) is 4.84. The number of rotatable bonds is 4. The van der Waals surface area contributed by atoms with Crippen LogP contribution in [0.15, 0.2) is 48.5 Å². The van der Waals surface area contributed by atoms with E-state index in [-0.39, 0.29) is 5.57 Å². The first-order valence-corrected chi connectivity index (χ1v) is 6.78. The van der Waals surface area contributed by atoms with Crippen LogP contribution in [0.5, 0.6) is 0 Å². The lowest BCUT2D eigenvalue weighted by Gasteiger charge is -2.05. The van der Waals surface area contributed by atoms with Crippen molar-refractivity contribution in [2.24, 2.45) is 0 Å². The second kappa shape index (κ2) is 6.40. The van der Waals surface area contributed by atoms with Crippen molar-refractivity contribution in [2.75, 3.05) is 0 Å². The molecule has 0 aliphatic heterocycles. The van der Waals surface area contributed by atoms with Gasteiger partial charge in [-0.25, -0.2) is 4.79 Å². The fourth-order valence-corrected chi connectivity index (χ4v) is 2.13. The van der Waals surface area contributed by atoms with Gasteiger partial charge in [0.15, 0.2) is 0 Å². The first-order chi connectivity index (χ1) is 9.61. The van der Waals surface area contributed by atoms with Crippen molar-refractivity contribution in [2.45, 2.75) is 13.3 Å². The molecule has 0 amide bonds. The molecule has 0 bridgehead atoms. The van der Waals surface area contributed by atoms with Gasteiger partial charge in [0.05, 0.1) is 5.57 Å². The van der Waals surface area contributed by atoms with E-state index in [9.17, 15) is 9.90 Å². The number of halogens is 1. The Labute approximate surface area is 123 Å². The van der Waals surface area contributed by atoms with E-state index in [2.05, 4.69) is 6.92 Å². The summed E-state index contributed by atoms with van der Waals surface area (Å²) in [7, 11) is 0. The van der Waals surface area contributed by atoms with Crippen molar-refractivity contribution in [3.63, 3.8) is 0 Å². The molecule has 2 rings (SSSR count). The lowest BCUT2D eigenvalue weighted by atomic mass is 10.0. The molecule has 1 N–H and O–H groups in total. The van der Waals surface area contributed by atoms with E-state index < -0.39 is 5.97 Å². The summed E-state index contributed by atoms with van der Waals surface area (Å²) in [6.07, 6.45) is 2.53. The van der Waals surface area contributed by atoms with Crippen LogP contribution in [0.4, 0.5) is 0 Å². The zero-order valence-corrected chi connectivity index (χ0v) is 11.9. The maximum atomic E-state index is 11.5. The maximum absolute atomic E-state index is 11.5. The normalized spacial score (nSPS) is 11.4. The molecule has 2 nitrogen and oxygen atoms in total. The van der Waals surface area contributed by atoms with Crippen LogP contribution in [0, 0.1) is 0 Å². The monoisotopic (exact) mass is 286 g/mol. The van der Waals surface area contributed by atoms with E-state index in [0.717, 1.165) is 6.42 Å².